The molecule has 0 aromatic rings. The Bertz CT molecular complexity index is 1050. The van der Waals surface area contributed by atoms with Crippen molar-refractivity contribution in [1.29, 1.82) is 0 Å². The molecule has 256 valence electrons. The lowest BCUT2D eigenvalue weighted by molar-refractivity contribution is -0.151. The third-order valence-electron chi connectivity index (χ3n) is 9.62. The number of esters is 1. The molecule has 3 rings (SSSR count). The van der Waals surface area contributed by atoms with Crippen molar-refractivity contribution in [3.63, 3.8) is 0 Å². The molecule has 3 aliphatic rings. The summed E-state index contributed by atoms with van der Waals surface area (Å²) in [6.45, 7) is 17.4. The van der Waals surface area contributed by atoms with Crippen LogP contribution in [0, 0.1) is 17.8 Å². The molecule has 3 aliphatic heterocycles. The van der Waals surface area contributed by atoms with Gasteiger partial charge in [0.2, 0.25) is 0 Å². The summed E-state index contributed by atoms with van der Waals surface area (Å²) in [7, 11) is 0. The molecule has 0 aromatic carbocycles. The Hall–Kier alpha value is -2.24. The van der Waals surface area contributed by atoms with E-state index in [1.165, 1.54) is 0 Å². The second-order valence-electron chi connectivity index (χ2n) is 13.6. The summed E-state index contributed by atoms with van der Waals surface area (Å²) in [6.07, 6.45) is 8.16. The van der Waals surface area contributed by atoms with Crippen LogP contribution in [0.5, 0.6) is 0 Å². The number of likely N-dealkylation sites (N-methyl/N-ethyl adjacent to an activating group) is 1. The molecular weight excluding hydrogens is 576 g/mol. The second kappa shape index (κ2) is 17.1. The molecule has 1 amide bonds. The zero-order chi connectivity index (χ0) is 33.3. The quantitative estimate of drug-likeness (QED) is 0.140. The molecule has 0 aliphatic carbocycles. The third-order valence-corrected chi connectivity index (χ3v) is 9.62. The number of amides is 1. The van der Waals surface area contributed by atoms with Gasteiger partial charge in [-0.2, -0.15) is 0 Å². The molecular formula is C35H58N2O8. The number of piperazine rings is 1. The normalized spacial score (nSPS) is 33.5. The predicted molar refractivity (Wildman–Crippen MR) is 173 cm³/mol. The van der Waals surface area contributed by atoms with Gasteiger partial charge in [0, 0.05) is 44.4 Å². The number of cyclic esters (lactones) is 1. The van der Waals surface area contributed by atoms with Crippen LogP contribution in [-0.4, -0.2) is 112 Å². The van der Waals surface area contributed by atoms with Crippen LogP contribution in [0.3, 0.4) is 0 Å². The number of aliphatic hydroxyl groups excluding tert-OH is 2. The molecule has 10 heteroatoms. The van der Waals surface area contributed by atoms with Crippen molar-refractivity contribution in [2.75, 3.05) is 32.7 Å². The molecule has 10 atom stereocenters. The minimum absolute atomic E-state index is 0.00777. The zero-order valence-electron chi connectivity index (χ0n) is 28.4. The van der Waals surface area contributed by atoms with Crippen molar-refractivity contribution in [2.24, 2.45) is 17.8 Å². The van der Waals surface area contributed by atoms with Crippen molar-refractivity contribution < 1.29 is 39.1 Å². The molecule has 3 N–H and O–H groups in total. The van der Waals surface area contributed by atoms with Gasteiger partial charge in [-0.1, -0.05) is 58.9 Å². The molecule has 0 spiro atoms. The largest absolute Gasteiger partial charge is 0.457 e. The number of carbonyl (C=O) groups excluding carboxylic acids is 2. The molecule has 2 fully saturated rings. The van der Waals surface area contributed by atoms with Gasteiger partial charge in [-0.05, 0) is 57.2 Å². The van der Waals surface area contributed by atoms with Crippen LogP contribution < -0.4 is 0 Å². The maximum atomic E-state index is 13.1. The minimum Gasteiger partial charge on any atom is -0.457 e. The molecule has 0 aromatic heterocycles. The Balaban J connectivity index is 1.70. The minimum atomic E-state index is -1.12. The smallest absolute Gasteiger partial charge is 0.410 e. The summed E-state index contributed by atoms with van der Waals surface area (Å²) in [6, 6.07) is 0. The van der Waals surface area contributed by atoms with Gasteiger partial charge in [0.1, 0.15) is 12.2 Å². The molecule has 0 radical (unpaired) electrons. The number of rotatable bonds is 10. The fourth-order valence-corrected chi connectivity index (χ4v) is 6.24. The Morgan fingerprint density at radius 1 is 1.18 bits per heavy atom. The number of allylic oxidation sites excluding steroid dienone is 2. The van der Waals surface area contributed by atoms with Crippen molar-refractivity contribution in [3.05, 3.63) is 36.0 Å². The monoisotopic (exact) mass is 634 g/mol. The van der Waals surface area contributed by atoms with Crippen LogP contribution in [0.15, 0.2) is 36.0 Å². The Labute approximate surface area is 270 Å². The Morgan fingerprint density at radius 2 is 1.87 bits per heavy atom. The maximum absolute atomic E-state index is 13.1. The number of nitrogens with zero attached hydrogens (tertiary/aromatic N) is 2. The van der Waals surface area contributed by atoms with Gasteiger partial charge in [0.15, 0.2) is 0 Å². The topological polar surface area (TPSA) is 132 Å². The summed E-state index contributed by atoms with van der Waals surface area (Å²) < 4.78 is 17.6. The van der Waals surface area contributed by atoms with Crippen molar-refractivity contribution >= 4 is 12.1 Å². The van der Waals surface area contributed by atoms with E-state index in [0.29, 0.717) is 38.8 Å². The number of carbonyl (C=O) groups is 2. The van der Waals surface area contributed by atoms with Gasteiger partial charge in [0.25, 0.3) is 0 Å². The van der Waals surface area contributed by atoms with E-state index in [-0.39, 0.29) is 42.5 Å². The second-order valence-corrected chi connectivity index (χ2v) is 13.6. The lowest BCUT2D eigenvalue weighted by Crippen LogP contribution is -2.49. The van der Waals surface area contributed by atoms with Crippen LogP contribution in [0.4, 0.5) is 4.79 Å². The highest BCUT2D eigenvalue weighted by Crippen LogP contribution is 2.37. The number of aliphatic hydroxyl groups is 3. The zero-order valence-corrected chi connectivity index (χ0v) is 28.4. The molecule has 0 bridgehead atoms. The van der Waals surface area contributed by atoms with E-state index in [0.717, 1.165) is 25.2 Å². The summed E-state index contributed by atoms with van der Waals surface area (Å²) in [5.74, 6) is -0.764. The average molecular weight is 635 g/mol. The van der Waals surface area contributed by atoms with Gasteiger partial charge in [-0.3, -0.25) is 4.79 Å². The Morgan fingerprint density at radius 3 is 2.51 bits per heavy atom. The first-order valence-electron chi connectivity index (χ1n) is 16.9. The van der Waals surface area contributed by atoms with Crippen LogP contribution >= 0.6 is 0 Å². The van der Waals surface area contributed by atoms with Gasteiger partial charge in [0.05, 0.1) is 36.4 Å². The summed E-state index contributed by atoms with van der Waals surface area (Å²) in [5, 5.41) is 31.7. The van der Waals surface area contributed by atoms with E-state index < -0.39 is 36.0 Å². The van der Waals surface area contributed by atoms with Crippen molar-refractivity contribution in [3.8, 4) is 0 Å². The van der Waals surface area contributed by atoms with E-state index in [1.54, 1.807) is 24.0 Å². The van der Waals surface area contributed by atoms with Gasteiger partial charge in [-0.15, -0.1) is 0 Å². The molecule has 2 saturated heterocycles. The molecule has 0 saturated carbocycles. The summed E-state index contributed by atoms with van der Waals surface area (Å²) >= 11 is 0. The summed E-state index contributed by atoms with van der Waals surface area (Å²) in [4.78, 5) is 29.9. The highest BCUT2D eigenvalue weighted by atomic mass is 16.6. The van der Waals surface area contributed by atoms with E-state index in [4.69, 9.17) is 14.2 Å². The van der Waals surface area contributed by atoms with Gasteiger partial charge in [-0.25, -0.2) is 4.79 Å². The molecule has 10 nitrogen and oxygen atoms in total. The fourth-order valence-electron chi connectivity index (χ4n) is 6.24. The first-order valence-corrected chi connectivity index (χ1v) is 16.9. The number of ether oxygens (including phenoxy) is 3. The average Bonchev–Trinajstić information content (AvgIpc) is 3.76. The fraction of sp³-hybridized carbons (Fsp3) is 0.771. The van der Waals surface area contributed by atoms with Crippen LogP contribution in [0.25, 0.3) is 0 Å². The van der Waals surface area contributed by atoms with Crippen molar-refractivity contribution in [1.82, 2.24) is 9.80 Å². The molecule has 3 heterocycles. The van der Waals surface area contributed by atoms with Crippen molar-refractivity contribution in [2.45, 2.75) is 123 Å². The van der Waals surface area contributed by atoms with Crippen LogP contribution in [0.2, 0.25) is 0 Å². The first-order chi connectivity index (χ1) is 21.2. The van der Waals surface area contributed by atoms with E-state index in [2.05, 4.69) is 11.8 Å². The van der Waals surface area contributed by atoms with E-state index in [1.807, 2.05) is 52.8 Å². The van der Waals surface area contributed by atoms with E-state index in [9.17, 15) is 24.9 Å². The first kappa shape index (κ1) is 37.2. The van der Waals surface area contributed by atoms with E-state index >= 15 is 0 Å². The summed E-state index contributed by atoms with van der Waals surface area (Å²) in [5.41, 5.74) is -0.350. The number of epoxide rings is 1. The maximum Gasteiger partial charge on any atom is 0.410 e. The predicted octanol–water partition coefficient (Wildman–Crippen LogP) is 4.23. The SMILES string of the molecule is CCC(O)C(C)C1OC1CC(C)(O)C=CC=C(C)C1OC(=O)CC(O)CCC(C)C(OC(=O)N2CCN(CC)CC2)C=CC1C. The molecule has 45 heavy (non-hydrogen) atoms. The Kier molecular flexibility index (Phi) is 14.1. The number of hydrogen-bond acceptors (Lipinski definition) is 9. The van der Waals surface area contributed by atoms with Crippen LogP contribution in [0.1, 0.15) is 80.6 Å². The standard InChI is InChI=1S/C35H58N2O8/c1-8-28(39)26(6)33-30(43-33)22-35(7,42)16-10-11-24(4)32-25(5)13-15-29(23(3)12-14-27(38)21-31(40)45-32)44-34(41)37-19-17-36(9-2)18-20-37/h10-11,13,15-16,23,25-30,32-33,38-39,42H,8-9,12,14,17-22H2,1-7H3. The lowest BCUT2D eigenvalue weighted by Gasteiger charge is -2.34. The molecule has 10 unspecified atom stereocenters. The third kappa shape index (κ3) is 11.5. The highest BCUT2D eigenvalue weighted by Gasteiger charge is 2.47. The van der Waals surface area contributed by atoms with Gasteiger partial charge < -0.3 is 39.3 Å². The van der Waals surface area contributed by atoms with Gasteiger partial charge >= 0.3 is 12.1 Å². The highest BCUT2D eigenvalue weighted by molar-refractivity contribution is 5.70. The lowest BCUT2D eigenvalue weighted by atomic mass is 9.91. The van der Waals surface area contributed by atoms with Crippen LogP contribution in [-0.2, 0) is 19.0 Å². The number of hydrogen-bond donors (Lipinski definition) is 3.